The molecule has 0 unspecified atom stereocenters. The van der Waals surface area contributed by atoms with Crippen LogP contribution in [0.1, 0.15) is 11.1 Å². The predicted molar refractivity (Wildman–Crippen MR) is 150 cm³/mol. The minimum Gasteiger partial charge on any atom is -0.486 e. The van der Waals surface area contributed by atoms with Gasteiger partial charge in [0.2, 0.25) is 5.91 Å². The van der Waals surface area contributed by atoms with E-state index in [4.69, 9.17) is 27.9 Å². The summed E-state index contributed by atoms with van der Waals surface area (Å²) in [4.78, 5) is 38.4. The number of benzene rings is 3. The number of rotatable bonds is 7. The highest BCUT2D eigenvalue weighted by molar-refractivity contribution is 9.11. The van der Waals surface area contributed by atoms with Crippen LogP contribution in [0.3, 0.4) is 0 Å². The van der Waals surface area contributed by atoms with E-state index in [9.17, 15) is 23.2 Å². The van der Waals surface area contributed by atoms with E-state index in [1.165, 1.54) is 6.08 Å². The van der Waals surface area contributed by atoms with Crippen molar-refractivity contribution in [2.75, 3.05) is 11.9 Å². The maximum Gasteiger partial charge on any atom is 0.294 e. The van der Waals surface area contributed by atoms with Crippen LogP contribution in [0.5, 0.6) is 5.75 Å². The van der Waals surface area contributed by atoms with Crippen LogP contribution in [0.4, 0.5) is 19.3 Å². The monoisotopic (exact) mass is 704 g/mol. The van der Waals surface area contributed by atoms with Crippen LogP contribution >= 0.6 is 66.8 Å². The van der Waals surface area contributed by atoms with Crippen molar-refractivity contribution in [1.82, 2.24) is 4.90 Å². The second kappa shape index (κ2) is 12.2. The molecule has 0 aromatic heterocycles. The summed E-state index contributed by atoms with van der Waals surface area (Å²) in [5.41, 5.74) is 1.04. The Balaban J connectivity index is 1.44. The lowest BCUT2D eigenvalue weighted by molar-refractivity contribution is -0.127. The average molecular weight is 707 g/mol. The van der Waals surface area contributed by atoms with Crippen LogP contribution in [0.25, 0.3) is 6.08 Å². The van der Waals surface area contributed by atoms with Crippen molar-refractivity contribution in [2.24, 2.45) is 0 Å². The zero-order chi connectivity index (χ0) is 27.6. The Kier molecular flexibility index (Phi) is 9.15. The first-order valence-corrected chi connectivity index (χ1v) is 13.7. The summed E-state index contributed by atoms with van der Waals surface area (Å²) in [6.07, 6.45) is 1.50. The van der Waals surface area contributed by atoms with Crippen molar-refractivity contribution < 1.29 is 27.9 Å². The summed E-state index contributed by atoms with van der Waals surface area (Å²) < 4.78 is 33.9. The molecule has 1 aliphatic heterocycles. The molecule has 3 aromatic rings. The number of thioether (sulfide) groups is 1. The number of carbonyl (C=O) groups is 3. The molecule has 196 valence electrons. The van der Waals surface area contributed by atoms with Crippen LogP contribution in [-0.2, 0) is 16.2 Å². The van der Waals surface area contributed by atoms with E-state index in [0.717, 1.165) is 22.6 Å². The third kappa shape index (κ3) is 6.76. The lowest BCUT2D eigenvalue weighted by Crippen LogP contribution is -2.36. The summed E-state index contributed by atoms with van der Waals surface area (Å²) >= 11 is 19.7. The van der Waals surface area contributed by atoms with Gasteiger partial charge in [0.25, 0.3) is 11.1 Å². The molecule has 0 aliphatic carbocycles. The van der Waals surface area contributed by atoms with Gasteiger partial charge in [0, 0.05) is 21.7 Å². The Morgan fingerprint density at radius 3 is 2.42 bits per heavy atom. The molecule has 1 heterocycles. The Labute approximate surface area is 246 Å². The first kappa shape index (κ1) is 28.6. The standard InChI is InChI=1S/C25H14Br2Cl2F2N2O4S/c26-16-5-12(6-17(27)23(16)37-11-13-1-2-14(28)8-18(13)29)7-21-24(35)33(25(36)38-21)10-22(34)32-20-4-3-15(30)9-19(20)31/h1-9H,10-11H2,(H,32,34)/b21-7+. The third-order valence-corrected chi connectivity index (χ3v) is 7.76. The number of nitrogens with zero attached hydrogens (tertiary/aromatic N) is 1. The number of amides is 3. The summed E-state index contributed by atoms with van der Waals surface area (Å²) in [6, 6.07) is 11.1. The summed E-state index contributed by atoms with van der Waals surface area (Å²) in [5.74, 6) is -2.79. The maximum atomic E-state index is 13.8. The number of ether oxygens (including phenoxy) is 1. The van der Waals surface area contributed by atoms with Gasteiger partial charge < -0.3 is 10.1 Å². The van der Waals surface area contributed by atoms with E-state index in [0.29, 0.717) is 48.1 Å². The van der Waals surface area contributed by atoms with Gasteiger partial charge in [-0.3, -0.25) is 19.3 Å². The first-order chi connectivity index (χ1) is 18.0. The fourth-order valence-corrected chi connectivity index (χ4v) is 6.05. The van der Waals surface area contributed by atoms with Crippen molar-refractivity contribution in [3.05, 3.63) is 95.2 Å². The Hall–Kier alpha value is -2.44. The molecule has 0 bridgehead atoms. The van der Waals surface area contributed by atoms with Gasteiger partial charge in [-0.05, 0) is 91.7 Å². The molecule has 1 saturated heterocycles. The number of hydrogen-bond donors (Lipinski definition) is 1. The van der Waals surface area contributed by atoms with Gasteiger partial charge in [0.15, 0.2) is 0 Å². The molecule has 6 nitrogen and oxygen atoms in total. The predicted octanol–water partition coefficient (Wildman–Crippen LogP) is 8.05. The molecule has 1 N–H and O–H groups in total. The molecule has 0 spiro atoms. The molecule has 38 heavy (non-hydrogen) atoms. The molecule has 0 saturated carbocycles. The first-order valence-electron chi connectivity index (χ1n) is 10.6. The quantitative estimate of drug-likeness (QED) is 0.252. The highest BCUT2D eigenvalue weighted by atomic mass is 79.9. The second-order valence-corrected chi connectivity index (χ2v) is 11.3. The minimum absolute atomic E-state index is 0.0937. The smallest absolute Gasteiger partial charge is 0.294 e. The Morgan fingerprint density at radius 1 is 1.05 bits per heavy atom. The average Bonchev–Trinajstić information content (AvgIpc) is 3.08. The number of hydrogen-bond acceptors (Lipinski definition) is 5. The maximum absolute atomic E-state index is 13.8. The topological polar surface area (TPSA) is 75.7 Å². The van der Waals surface area contributed by atoms with Gasteiger partial charge in [0.05, 0.1) is 19.5 Å². The van der Waals surface area contributed by atoms with Crippen LogP contribution in [0.2, 0.25) is 10.0 Å². The van der Waals surface area contributed by atoms with Crippen molar-refractivity contribution in [3.63, 3.8) is 0 Å². The molecule has 4 rings (SSSR count). The van der Waals surface area contributed by atoms with Crippen LogP contribution in [0, 0.1) is 11.6 Å². The number of anilines is 1. The summed E-state index contributed by atoms with van der Waals surface area (Å²) in [6.45, 7) is -0.457. The van der Waals surface area contributed by atoms with Gasteiger partial charge in [-0.15, -0.1) is 0 Å². The van der Waals surface area contributed by atoms with Gasteiger partial charge in [-0.1, -0.05) is 29.3 Å². The van der Waals surface area contributed by atoms with Crippen molar-refractivity contribution >= 4 is 95.6 Å². The van der Waals surface area contributed by atoms with Crippen LogP contribution < -0.4 is 10.1 Å². The lowest BCUT2D eigenvalue weighted by Gasteiger charge is -2.13. The Bertz CT molecular complexity index is 1480. The van der Waals surface area contributed by atoms with Gasteiger partial charge >= 0.3 is 0 Å². The molecule has 0 radical (unpaired) electrons. The zero-order valence-electron chi connectivity index (χ0n) is 18.9. The Morgan fingerprint density at radius 2 is 1.76 bits per heavy atom. The fourth-order valence-electron chi connectivity index (χ4n) is 3.30. The van der Waals surface area contributed by atoms with Crippen molar-refractivity contribution in [2.45, 2.75) is 6.61 Å². The molecule has 1 aliphatic rings. The van der Waals surface area contributed by atoms with Gasteiger partial charge in [-0.25, -0.2) is 8.78 Å². The number of halogens is 6. The number of imide groups is 1. The van der Waals surface area contributed by atoms with Crippen molar-refractivity contribution in [3.8, 4) is 5.75 Å². The van der Waals surface area contributed by atoms with E-state index in [1.54, 1.807) is 30.3 Å². The van der Waals surface area contributed by atoms with Gasteiger partial charge in [-0.2, -0.15) is 0 Å². The van der Waals surface area contributed by atoms with E-state index in [1.807, 2.05) is 0 Å². The lowest BCUT2D eigenvalue weighted by atomic mass is 10.2. The highest BCUT2D eigenvalue weighted by Gasteiger charge is 2.36. The van der Waals surface area contributed by atoms with Crippen LogP contribution in [0.15, 0.2) is 62.4 Å². The fraction of sp³-hybridized carbons (Fsp3) is 0.0800. The van der Waals surface area contributed by atoms with E-state index in [-0.39, 0.29) is 17.2 Å². The number of carbonyl (C=O) groups excluding carboxylic acids is 3. The van der Waals surface area contributed by atoms with E-state index < -0.39 is 35.2 Å². The largest absolute Gasteiger partial charge is 0.486 e. The molecule has 0 atom stereocenters. The molecule has 3 aromatic carbocycles. The summed E-state index contributed by atoms with van der Waals surface area (Å²) in [7, 11) is 0. The zero-order valence-corrected chi connectivity index (χ0v) is 24.4. The van der Waals surface area contributed by atoms with E-state index >= 15 is 0 Å². The molecule has 13 heteroatoms. The number of nitrogens with one attached hydrogen (secondary N) is 1. The molecule has 3 amide bonds. The van der Waals surface area contributed by atoms with Crippen molar-refractivity contribution in [1.29, 1.82) is 0 Å². The minimum atomic E-state index is -0.979. The third-order valence-electron chi connectivity index (χ3n) is 5.09. The molecule has 1 fully saturated rings. The molecular weight excluding hydrogens is 693 g/mol. The van der Waals surface area contributed by atoms with E-state index in [2.05, 4.69) is 37.2 Å². The van der Waals surface area contributed by atoms with Gasteiger partial charge in [0.1, 0.15) is 30.5 Å². The summed E-state index contributed by atoms with van der Waals surface area (Å²) in [5, 5.41) is 2.54. The normalized spacial score (nSPS) is 14.4. The SMILES string of the molecule is O=C(CN1C(=O)S/C(=C/c2cc(Br)c(OCc3ccc(Cl)cc3Cl)c(Br)c2)C1=O)Nc1ccc(F)cc1F. The molecular formula is C25H14Br2Cl2F2N2O4S. The highest BCUT2D eigenvalue weighted by Crippen LogP contribution is 2.38. The van der Waals surface area contributed by atoms with Crippen LogP contribution in [-0.4, -0.2) is 28.5 Å². The second-order valence-electron chi connectivity index (χ2n) is 7.78.